The maximum atomic E-state index is 6.77. The van der Waals surface area contributed by atoms with E-state index in [1.54, 1.807) is 0 Å². The van der Waals surface area contributed by atoms with Crippen LogP contribution in [-0.2, 0) is 9.47 Å². The second kappa shape index (κ2) is 28.9. The first kappa shape index (κ1) is 41.1. The highest BCUT2D eigenvalue weighted by Crippen LogP contribution is 2.45. The number of hydrogen-bond acceptors (Lipinski definition) is 2. The molecule has 0 spiro atoms. The molecule has 0 aromatic heterocycles. The van der Waals surface area contributed by atoms with E-state index < -0.39 is 0 Å². The van der Waals surface area contributed by atoms with Gasteiger partial charge in [-0.05, 0) is 31.6 Å². The third kappa shape index (κ3) is 21.5. The van der Waals surface area contributed by atoms with E-state index in [1.165, 1.54) is 218 Å². The first-order valence-electron chi connectivity index (χ1n) is 21.5. The van der Waals surface area contributed by atoms with Crippen molar-refractivity contribution in [1.29, 1.82) is 0 Å². The quantitative estimate of drug-likeness (QED) is 0.0657. The van der Waals surface area contributed by atoms with Crippen molar-refractivity contribution in [3.63, 3.8) is 0 Å². The van der Waals surface area contributed by atoms with E-state index in [0.29, 0.717) is 12.2 Å². The molecular weight excluding hydrogens is 548 g/mol. The average Bonchev–Trinajstić information content (AvgIpc) is 3.54. The van der Waals surface area contributed by atoms with Gasteiger partial charge in [0.05, 0.1) is 12.2 Å². The van der Waals surface area contributed by atoms with E-state index in [4.69, 9.17) is 9.47 Å². The van der Waals surface area contributed by atoms with Gasteiger partial charge in [0, 0.05) is 12.8 Å². The minimum Gasteiger partial charge on any atom is -0.344 e. The van der Waals surface area contributed by atoms with Gasteiger partial charge < -0.3 is 9.47 Å². The van der Waals surface area contributed by atoms with Crippen molar-refractivity contribution >= 4 is 0 Å². The van der Waals surface area contributed by atoms with Crippen LogP contribution in [0.2, 0.25) is 0 Å². The van der Waals surface area contributed by atoms with Gasteiger partial charge in [0.15, 0.2) is 5.79 Å². The van der Waals surface area contributed by atoms with E-state index in [9.17, 15) is 0 Å². The molecule has 1 saturated carbocycles. The van der Waals surface area contributed by atoms with Gasteiger partial charge in [-0.15, -0.1) is 0 Å². The molecule has 1 unspecified atom stereocenters. The summed E-state index contributed by atoms with van der Waals surface area (Å²) >= 11 is 0. The predicted octanol–water partition coefficient (Wildman–Crippen LogP) is 15.2. The van der Waals surface area contributed by atoms with Crippen LogP contribution in [0.5, 0.6) is 0 Å². The van der Waals surface area contributed by atoms with E-state index in [1.807, 2.05) is 0 Å². The normalized spacial score (nSPS) is 20.7. The van der Waals surface area contributed by atoms with E-state index in [-0.39, 0.29) is 5.79 Å². The van der Waals surface area contributed by atoms with Gasteiger partial charge in [-0.2, -0.15) is 0 Å². The fourth-order valence-corrected chi connectivity index (χ4v) is 8.27. The molecule has 1 aliphatic heterocycles. The molecule has 0 amide bonds. The summed E-state index contributed by atoms with van der Waals surface area (Å²) in [6.07, 6.45) is 51.2. The molecule has 0 aromatic rings. The van der Waals surface area contributed by atoms with Gasteiger partial charge in [-0.1, -0.05) is 213 Å². The molecule has 1 aliphatic carbocycles. The Hall–Kier alpha value is -0.0800. The Morgan fingerprint density at radius 1 is 0.356 bits per heavy atom. The molecule has 3 atom stereocenters. The van der Waals surface area contributed by atoms with Crippen LogP contribution in [-0.4, -0.2) is 18.0 Å². The van der Waals surface area contributed by atoms with Crippen LogP contribution in [0.25, 0.3) is 0 Å². The lowest BCUT2D eigenvalue weighted by Gasteiger charge is -2.30. The van der Waals surface area contributed by atoms with Crippen LogP contribution in [0.4, 0.5) is 0 Å². The zero-order valence-electron chi connectivity index (χ0n) is 31.5. The van der Waals surface area contributed by atoms with Crippen LogP contribution in [0.1, 0.15) is 252 Å². The van der Waals surface area contributed by atoms with Gasteiger partial charge in [-0.25, -0.2) is 0 Å². The standard InChI is InChI=1S/C43H84O2/c1-4-6-8-10-12-14-16-18-20-22-24-26-28-30-32-34-36-43(44-41-38-40(3)39-42(41)45-43)37-35-33-31-29-27-25-23-21-19-17-15-13-11-9-7-5-2/h40-42H,4-39H2,1-3H3/t40?,41-,42+. The molecule has 0 bridgehead atoms. The number of ether oxygens (including phenoxy) is 2. The van der Waals surface area contributed by atoms with Crippen molar-refractivity contribution in [3.05, 3.63) is 0 Å². The molecule has 1 heterocycles. The molecular formula is C43H84O2. The SMILES string of the molecule is CCCCCCCCCCCCCCCCCCC1(CCCCCCCCCCCCCCCCCC)O[C@H]2CC(C)C[C@H]2O1. The van der Waals surface area contributed by atoms with Crippen LogP contribution < -0.4 is 0 Å². The summed E-state index contributed by atoms with van der Waals surface area (Å²) in [5, 5.41) is 0. The second-order valence-electron chi connectivity index (χ2n) is 15.9. The Bertz CT molecular complexity index is 565. The Morgan fingerprint density at radius 3 is 0.822 bits per heavy atom. The fourth-order valence-electron chi connectivity index (χ4n) is 8.27. The molecule has 45 heavy (non-hydrogen) atoms. The molecule has 2 rings (SSSR count). The van der Waals surface area contributed by atoms with Gasteiger partial charge >= 0.3 is 0 Å². The van der Waals surface area contributed by atoms with Gasteiger partial charge in [0.2, 0.25) is 0 Å². The highest BCUT2D eigenvalue weighted by molar-refractivity contribution is 4.92. The minimum atomic E-state index is -0.249. The molecule has 0 N–H and O–H groups in total. The minimum absolute atomic E-state index is 0.249. The number of unbranched alkanes of at least 4 members (excludes halogenated alkanes) is 30. The Kier molecular flexibility index (Phi) is 26.4. The van der Waals surface area contributed by atoms with Crippen LogP contribution in [0, 0.1) is 5.92 Å². The molecule has 2 fully saturated rings. The zero-order chi connectivity index (χ0) is 32.1. The van der Waals surface area contributed by atoms with Gasteiger partial charge in [0.25, 0.3) is 0 Å². The third-order valence-corrected chi connectivity index (χ3v) is 11.2. The Morgan fingerprint density at radius 2 is 0.578 bits per heavy atom. The molecule has 2 aliphatic rings. The average molecular weight is 633 g/mol. The summed E-state index contributed by atoms with van der Waals surface area (Å²) in [6, 6.07) is 0. The summed E-state index contributed by atoms with van der Waals surface area (Å²) < 4.78 is 13.5. The third-order valence-electron chi connectivity index (χ3n) is 11.2. The Balaban J connectivity index is 1.43. The van der Waals surface area contributed by atoms with Crippen LogP contribution in [0.15, 0.2) is 0 Å². The molecule has 0 aromatic carbocycles. The summed E-state index contributed by atoms with van der Waals surface area (Å²) in [5.41, 5.74) is 0. The van der Waals surface area contributed by atoms with Crippen LogP contribution >= 0.6 is 0 Å². The zero-order valence-corrected chi connectivity index (χ0v) is 31.5. The first-order valence-corrected chi connectivity index (χ1v) is 21.5. The maximum absolute atomic E-state index is 6.77. The Labute approximate surface area is 284 Å². The predicted molar refractivity (Wildman–Crippen MR) is 199 cm³/mol. The lowest BCUT2D eigenvalue weighted by atomic mass is 9.98. The monoisotopic (exact) mass is 633 g/mol. The molecule has 2 heteroatoms. The molecule has 0 radical (unpaired) electrons. The lowest BCUT2D eigenvalue weighted by Crippen LogP contribution is -2.32. The maximum Gasteiger partial charge on any atom is 0.169 e. The summed E-state index contributed by atoms with van der Waals surface area (Å²) in [5.74, 6) is 0.519. The van der Waals surface area contributed by atoms with Crippen LogP contribution in [0.3, 0.4) is 0 Å². The van der Waals surface area contributed by atoms with Gasteiger partial charge in [-0.3, -0.25) is 0 Å². The molecule has 2 nitrogen and oxygen atoms in total. The highest BCUT2D eigenvalue weighted by Gasteiger charge is 2.50. The number of hydrogen-bond donors (Lipinski definition) is 0. The topological polar surface area (TPSA) is 18.5 Å². The van der Waals surface area contributed by atoms with Crippen molar-refractivity contribution in [2.45, 2.75) is 270 Å². The summed E-state index contributed by atoms with van der Waals surface area (Å²) in [7, 11) is 0. The fraction of sp³-hybridized carbons (Fsp3) is 1.00. The number of rotatable bonds is 34. The van der Waals surface area contributed by atoms with E-state index >= 15 is 0 Å². The van der Waals surface area contributed by atoms with Crippen molar-refractivity contribution < 1.29 is 9.47 Å². The number of fused-ring (bicyclic) bond motifs is 1. The largest absolute Gasteiger partial charge is 0.344 e. The van der Waals surface area contributed by atoms with Crippen molar-refractivity contribution in [2.24, 2.45) is 5.92 Å². The lowest BCUT2D eigenvalue weighted by molar-refractivity contribution is -0.192. The smallest absolute Gasteiger partial charge is 0.169 e. The summed E-state index contributed by atoms with van der Waals surface area (Å²) in [4.78, 5) is 0. The highest BCUT2D eigenvalue weighted by atomic mass is 16.8. The van der Waals surface area contributed by atoms with Crippen molar-refractivity contribution in [2.75, 3.05) is 0 Å². The molecule has 1 saturated heterocycles. The van der Waals surface area contributed by atoms with E-state index in [2.05, 4.69) is 20.8 Å². The van der Waals surface area contributed by atoms with Crippen molar-refractivity contribution in [3.8, 4) is 0 Å². The van der Waals surface area contributed by atoms with Crippen molar-refractivity contribution in [1.82, 2.24) is 0 Å². The second-order valence-corrected chi connectivity index (χ2v) is 15.9. The summed E-state index contributed by atoms with van der Waals surface area (Å²) in [6.45, 7) is 6.99. The molecule has 268 valence electrons. The van der Waals surface area contributed by atoms with E-state index in [0.717, 1.165) is 18.8 Å². The van der Waals surface area contributed by atoms with Gasteiger partial charge in [0.1, 0.15) is 0 Å². The first-order chi connectivity index (χ1) is 22.2.